The normalized spacial score (nSPS) is 16.3. The van der Waals surface area contributed by atoms with Gasteiger partial charge in [0.05, 0.1) is 11.2 Å². The Morgan fingerprint density at radius 2 is 2.25 bits per heavy atom. The van der Waals surface area contributed by atoms with Crippen LogP contribution in [0.3, 0.4) is 0 Å². The number of carbonyl (C=O) groups is 1. The van der Waals surface area contributed by atoms with E-state index in [4.69, 9.17) is 4.74 Å². The first-order chi connectivity index (χ1) is 13.7. The van der Waals surface area contributed by atoms with Crippen LogP contribution in [0.5, 0.6) is 5.06 Å². The molecular weight excluding hydrogens is 390 g/mol. The number of ether oxygens (including phenoxy) is 1. The second-order valence-electron chi connectivity index (χ2n) is 7.23. The van der Waals surface area contributed by atoms with Gasteiger partial charge in [0.25, 0.3) is 0 Å². The first-order valence-corrected chi connectivity index (χ1v) is 11.4. The molecule has 0 saturated heterocycles. The van der Waals surface area contributed by atoms with E-state index in [9.17, 15) is 4.79 Å². The molecule has 148 valence electrons. The number of benzene rings is 1. The Morgan fingerprint density at radius 1 is 1.36 bits per heavy atom. The Hall–Kier alpha value is -1.96. The third kappa shape index (κ3) is 4.71. The van der Waals surface area contributed by atoms with Gasteiger partial charge in [0.1, 0.15) is 0 Å². The standard InChI is InChI=1S/C21H25N3O2S2/c1-24(16-8-9-17-19(13-16)27-14-23-17)11-5-4-10-22-21(25)26-20-12-15-6-2-3-7-18(15)28-20/h2-3,6-7,12,14,16H,4-5,8-11,13H2,1H3,(H,22,25). The molecule has 4 rings (SSSR count). The van der Waals surface area contributed by atoms with Gasteiger partial charge in [-0.25, -0.2) is 9.78 Å². The molecule has 1 aromatic carbocycles. The van der Waals surface area contributed by atoms with Crippen molar-refractivity contribution >= 4 is 38.9 Å². The van der Waals surface area contributed by atoms with Crippen LogP contribution in [0.25, 0.3) is 10.1 Å². The number of nitrogens with one attached hydrogen (secondary N) is 1. The maximum atomic E-state index is 12.0. The van der Waals surface area contributed by atoms with E-state index in [-0.39, 0.29) is 6.09 Å². The lowest BCUT2D eigenvalue weighted by Crippen LogP contribution is -2.37. The number of aromatic nitrogens is 1. The number of hydrogen-bond acceptors (Lipinski definition) is 6. The fraction of sp³-hybridized carbons (Fsp3) is 0.429. The number of fused-ring (bicyclic) bond motifs is 2. The van der Waals surface area contributed by atoms with Crippen molar-refractivity contribution in [1.82, 2.24) is 15.2 Å². The van der Waals surface area contributed by atoms with Crippen molar-refractivity contribution in [2.45, 2.75) is 38.1 Å². The summed E-state index contributed by atoms with van der Waals surface area (Å²) in [6.07, 6.45) is 5.04. The Balaban J connectivity index is 1.13. The Labute approximate surface area is 173 Å². The molecule has 0 spiro atoms. The van der Waals surface area contributed by atoms with Gasteiger partial charge in [-0.1, -0.05) is 29.5 Å². The zero-order valence-electron chi connectivity index (χ0n) is 16.0. The molecule has 0 bridgehead atoms. The zero-order valence-corrected chi connectivity index (χ0v) is 17.7. The Kier molecular flexibility index (Phi) is 6.24. The van der Waals surface area contributed by atoms with Gasteiger partial charge in [-0.15, -0.1) is 11.3 Å². The predicted molar refractivity (Wildman–Crippen MR) is 116 cm³/mol. The number of nitrogens with zero attached hydrogens (tertiary/aromatic N) is 2. The average Bonchev–Trinajstić information content (AvgIpc) is 3.32. The summed E-state index contributed by atoms with van der Waals surface area (Å²) in [4.78, 5) is 20.3. The second kappa shape index (κ2) is 9.03. The van der Waals surface area contributed by atoms with Gasteiger partial charge < -0.3 is 15.0 Å². The largest absolute Gasteiger partial charge is 0.413 e. The van der Waals surface area contributed by atoms with Crippen molar-refractivity contribution < 1.29 is 9.53 Å². The van der Waals surface area contributed by atoms with E-state index in [0.717, 1.165) is 42.3 Å². The maximum Gasteiger partial charge on any atom is 0.413 e. The molecule has 1 N–H and O–H groups in total. The van der Waals surface area contributed by atoms with E-state index in [0.29, 0.717) is 17.6 Å². The van der Waals surface area contributed by atoms with Crippen molar-refractivity contribution in [2.24, 2.45) is 0 Å². The summed E-state index contributed by atoms with van der Waals surface area (Å²) in [6, 6.07) is 10.5. The zero-order chi connectivity index (χ0) is 19.3. The van der Waals surface area contributed by atoms with E-state index in [2.05, 4.69) is 22.2 Å². The summed E-state index contributed by atoms with van der Waals surface area (Å²) < 4.78 is 6.53. The molecule has 28 heavy (non-hydrogen) atoms. The van der Waals surface area contributed by atoms with Crippen LogP contribution >= 0.6 is 22.7 Å². The molecule has 1 aliphatic rings. The van der Waals surface area contributed by atoms with E-state index in [1.165, 1.54) is 28.3 Å². The van der Waals surface area contributed by atoms with E-state index < -0.39 is 0 Å². The number of rotatable bonds is 7. The molecule has 1 amide bonds. The van der Waals surface area contributed by atoms with Crippen molar-refractivity contribution in [2.75, 3.05) is 20.1 Å². The van der Waals surface area contributed by atoms with Crippen molar-refractivity contribution in [3.8, 4) is 5.06 Å². The summed E-state index contributed by atoms with van der Waals surface area (Å²) in [6.45, 7) is 1.69. The first-order valence-electron chi connectivity index (χ1n) is 9.75. The van der Waals surface area contributed by atoms with Crippen molar-refractivity contribution in [1.29, 1.82) is 0 Å². The number of unbranched alkanes of at least 4 members (excludes halogenated alkanes) is 1. The van der Waals surface area contributed by atoms with Crippen LogP contribution in [0.1, 0.15) is 29.8 Å². The average molecular weight is 416 g/mol. The van der Waals surface area contributed by atoms with Crippen LogP contribution in [-0.2, 0) is 12.8 Å². The van der Waals surface area contributed by atoms with Crippen LogP contribution in [0.15, 0.2) is 35.8 Å². The predicted octanol–water partition coefficient (Wildman–Crippen LogP) is 4.72. The number of hydrogen-bond donors (Lipinski definition) is 1. The lowest BCUT2D eigenvalue weighted by atomic mass is 9.96. The molecule has 0 aliphatic heterocycles. The minimum Gasteiger partial charge on any atom is -0.399 e. The third-order valence-electron chi connectivity index (χ3n) is 5.29. The summed E-state index contributed by atoms with van der Waals surface area (Å²) in [7, 11) is 2.21. The van der Waals surface area contributed by atoms with Crippen LogP contribution in [0.4, 0.5) is 4.79 Å². The number of carbonyl (C=O) groups excluding carboxylic acids is 1. The number of thiophene rings is 1. The fourth-order valence-electron chi connectivity index (χ4n) is 3.65. The SMILES string of the molecule is CN(CCCCNC(=O)Oc1cc2ccccc2s1)C1CCc2ncsc2C1. The molecule has 0 fully saturated rings. The van der Waals surface area contributed by atoms with E-state index in [1.807, 2.05) is 35.8 Å². The highest BCUT2D eigenvalue weighted by Gasteiger charge is 2.23. The molecule has 1 unspecified atom stereocenters. The first kappa shape index (κ1) is 19.4. The highest BCUT2D eigenvalue weighted by atomic mass is 32.1. The second-order valence-corrected chi connectivity index (χ2v) is 9.21. The van der Waals surface area contributed by atoms with Crippen molar-refractivity contribution in [3.05, 3.63) is 46.4 Å². The number of likely N-dealkylation sites (N-methyl/N-ethyl adjacent to an activating group) is 1. The molecule has 2 heterocycles. The van der Waals surface area contributed by atoms with Gasteiger partial charge in [0.15, 0.2) is 5.06 Å². The highest BCUT2D eigenvalue weighted by Crippen LogP contribution is 2.31. The highest BCUT2D eigenvalue weighted by molar-refractivity contribution is 7.20. The van der Waals surface area contributed by atoms with Crippen LogP contribution in [-0.4, -0.2) is 42.2 Å². The maximum absolute atomic E-state index is 12.0. The quantitative estimate of drug-likeness (QED) is 0.568. The van der Waals surface area contributed by atoms with Crippen LogP contribution < -0.4 is 10.1 Å². The number of amides is 1. The molecule has 7 heteroatoms. The smallest absolute Gasteiger partial charge is 0.399 e. The van der Waals surface area contributed by atoms with Gasteiger partial charge in [-0.05, 0) is 57.1 Å². The molecule has 5 nitrogen and oxygen atoms in total. The molecule has 0 saturated carbocycles. The van der Waals surface area contributed by atoms with Gasteiger partial charge in [0.2, 0.25) is 0 Å². The van der Waals surface area contributed by atoms with E-state index in [1.54, 1.807) is 11.3 Å². The third-order valence-corrected chi connectivity index (χ3v) is 7.18. The lowest BCUT2D eigenvalue weighted by molar-refractivity contribution is 0.200. The molecular formula is C21H25N3O2S2. The van der Waals surface area contributed by atoms with Gasteiger partial charge >= 0.3 is 6.09 Å². The molecule has 0 radical (unpaired) electrons. The molecule has 1 aliphatic carbocycles. The number of thiazole rings is 1. The summed E-state index contributed by atoms with van der Waals surface area (Å²) in [5, 5.41) is 4.60. The summed E-state index contributed by atoms with van der Waals surface area (Å²) in [5.41, 5.74) is 3.27. The van der Waals surface area contributed by atoms with Crippen molar-refractivity contribution in [3.63, 3.8) is 0 Å². The van der Waals surface area contributed by atoms with Gasteiger partial charge in [-0.2, -0.15) is 0 Å². The van der Waals surface area contributed by atoms with E-state index >= 15 is 0 Å². The number of aryl methyl sites for hydroxylation is 1. The van der Waals surface area contributed by atoms with Gasteiger partial charge in [0, 0.05) is 28.2 Å². The topological polar surface area (TPSA) is 54.5 Å². The monoisotopic (exact) mass is 415 g/mol. The Morgan fingerprint density at radius 3 is 3.14 bits per heavy atom. The van der Waals surface area contributed by atoms with Crippen LogP contribution in [0.2, 0.25) is 0 Å². The lowest BCUT2D eigenvalue weighted by Gasteiger charge is -2.30. The fourth-order valence-corrected chi connectivity index (χ4v) is 5.45. The van der Waals surface area contributed by atoms with Crippen LogP contribution in [0, 0.1) is 0 Å². The molecule has 1 atom stereocenters. The molecule has 2 aromatic heterocycles. The Bertz CT molecular complexity index is 904. The molecule has 3 aromatic rings. The van der Waals surface area contributed by atoms with Gasteiger partial charge in [-0.3, -0.25) is 0 Å². The summed E-state index contributed by atoms with van der Waals surface area (Å²) in [5.74, 6) is 0. The summed E-state index contributed by atoms with van der Waals surface area (Å²) >= 11 is 3.28. The minimum absolute atomic E-state index is 0.370. The minimum atomic E-state index is -0.370.